The van der Waals surface area contributed by atoms with Gasteiger partial charge in [0.2, 0.25) is 0 Å². The molecule has 4 rings (SSSR count). The monoisotopic (exact) mass is 330 g/mol. The maximum absolute atomic E-state index is 11.9. The third-order valence-corrected chi connectivity index (χ3v) is 8.73. The zero-order valence-corrected chi connectivity index (χ0v) is 16.0. The molecule has 0 N–H and O–H groups in total. The molecule has 4 saturated carbocycles. The number of hydrogen-bond donors (Lipinski definition) is 0. The number of carbonyl (C=O) groups is 1. The van der Waals surface area contributed by atoms with Crippen LogP contribution in [0.15, 0.2) is 12.2 Å². The zero-order valence-electron chi connectivity index (χ0n) is 16.0. The summed E-state index contributed by atoms with van der Waals surface area (Å²) >= 11 is 0. The molecular formula is C22H34O2. The summed E-state index contributed by atoms with van der Waals surface area (Å²) in [6.45, 7) is 13.5. The van der Waals surface area contributed by atoms with E-state index >= 15 is 0 Å². The van der Waals surface area contributed by atoms with Crippen molar-refractivity contribution in [1.29, 1.82) is 0 Å². The smallest absolute Gasteiger partial charge is 0.302 e. The first-order valence-electron chi connectivity index (χ1n) is 10.0. The Balaban J connectivity index is 1.80. The average Bonchev–Trinajstić information content (AvgIpc) is 2.71. The molecule has 2 heteroatoms. The number of hydrogen-bond acceptors (Lipinski definition) is 2. The van der Waals surface area contributed by atoms with Crippen LogP contribution < -0.4 is 0 Å². The maximum Gasteiger partial charge on any atom is 0.302 e. The summed E-state index contributed by atoms with van der Waals surface area (Å²) in [6.07, 6.45) is 10.1. The van der Waals surface area contributed by atoms with Crippen molar-refractivity contribution in [2.24, 2.45) is 34.0 Å². The van der Waals surface area contributed by atoms with E-state index in [-0.39, 0.29) is 17.5 Å². The lowest BCUT2D eigenvalue weighted by Gasteiger charge is -2.65. The molecule has 1 spiro atoms. The van der Waals surface area contributed by atoms with Gasteiger partial charge in [0.05, 0.1) is 0 Å². The van der Waals surface area contributed by atoms with E-state index in [1.54, 1.807) is 6.92 Å². The van der Waals surface area contributed by atoms with Crippen LogP contribution in [-0.2, 0) is 9.53 Å². The third-order valence-electron chi connectivity index (χ3n) is 8.73. The summed E-state index contributed by atoms with van der Waals surface area (Å²) in [5.41, 5.74) is 2.39. The SMILES string of the molecule is C=C1C[C@]23C[C@H]1CC[C@H]2[C@]1(C)CCCC(C)(C)[C@H]1C[C@@H]3OC(C)=O. The predicted molar refractivity (Wildman–Crippen MR) is 96.4 cm³/mol. The van der Waals surface area contributed by atoms with Gasteiger partial charge >= 0.3 is 5.97 Å². The van der Waals surface area contributed by atoms with Crippen LogP contribution in [0.4, 0.5) is 0 Å². The van der Waals surface area contributed by atoms with Crippen molar-refractivity contribution in [2.45, 2.75) is 85.2 Å². The van der Waals surface area contributed by atoms with Crippen LogP contribution in [0, 0.1) is 34.0 Å². The Morgan fingerprint density at radius 2 is 1.92 bits per heavy atom. The Hall–Kier alpha value is -0.790. The second kappa shape index (κ2) is 5.11. The molecule has 134 valence electrons. The van der Waals surface area contributed by atoms with Gasteiger partial charge in [-0.05, 0) is 73.5 Å². The minimum Gasteiger partial charge on any atom is -0.462 e. The van der Waals surface area contributed by atoms with E-state index in [0.29, 0.717) is 28.6 Å². The number of esters is 1. The van der Waals surface area contributed by atoms with Crippen LogP contribution in [0.3, 0.4) is 0 Å². The van der Waals surface area contributed by atoms with Crippen molar-refractivity contribution in [2.75, 3.05) is 0 Å². The van der Waals surface area contributed by atoms with Crippen LogP contribution in [-0.4, -0.2) is 12.1 Å². The van der Waals surface area contributed by atoms with E-state index in [0.717, 1.165) is 12.8 Å². The van der Waals surface area contributed by atoms with E-state index < -0.39 is 0 Å². The highest BCUT2D eigenvalue weighted by molar-refractivity contribution is 5.66. The van der Waals surface area contributed by atoms with E-state index in [4.69, 9.17) is 4.74 Å². The highest BCUT2D eigenvalue weighted by atomic mass is 16.5. The summed E-state index contributed by atoms with van der Waals surface area (Å²) < 4.78 is 6.04. The Labute approximate surface area is 147 Å². The van der Waals surface area contributed by atoms with Gasteiger partial charge in [-0.25, -0.2) is 0 Å². The maximum atomic E-state index is 11.9. The third kappa shape index (κ3) is 2.10. The van der Waals surface area contributed by atoms with Gasteiger partial charge in [0.25, 0.3) is 0 Å². The molecule has 6 atom stereocenters. The fourth-order valence-electron chi connectivity index (χ4n) is 7.91. The van der Waals surface area contributed by atoms with Gasteiger partial charge in [-0.15, -0.1) is 0 Å². The molecule has 0 aliphatic heterocycles. The Morgan fingerprint density at radius 3 is 2.62 bits per heavy atom. The van der Waals surface area contributed by atoms with Gasteiger partial charge in [0, 0.05) is 12.3 Å². The molecule has 0 aromatic heterocycles. The highest BCUT2D eigenvalue weighted by Crippen LogP contribution is 2.72. The summed E-state index contributed by atoms with van der Waals surface area (Å²) in [6, 6.07) is 0. The van der Waals surface area contributed by atoms with Gasteiger partial charge in [-0.2, -0.15) is 0 Å². The van der Waals surface area contributed by atoms with Crippen LogP contribution in [0.2, 0.25) is 0 Å². The molecular weight excluding hydrogens is 296 g/mol. The summed E-state index contributed by atoms with van der Waals surface area (Å²) in [5.74, 6) is 1.95. The molecule has 0 amide bonds. The van der Waals surface area contributed by atoms with Crippen LogP contribution in [0.5, 0.6) is 0 Å². The standard InChI is InChI=1S/C22H34O2/c1-14-12-22-13-16(14)7-8-17(22)21(5)10-6-9-20(3,4)18(21)11-19(22)24-15(2)23/h16-19H,1,6-13H2,2-5H3/t16-,17+,18-,19+,21+,22+/m1/s1. The molecule has 0 aromatic carbocycles. The predicted octanol–water partition coefficient (Wildman–Crippen LogP) is 5.52. The lowest BCUT2D eigenvalue weighted by molar-refractivity contribution is -0.212. The number of allylic oxidation sites excluding steroid dienone is 1. The molecule has 4 fully saturated rings. The van der Waals surface area contributed by atoms with Crippen molar-refractivity contribution in [3.63, 3.8) is 0 Å². The number of fused-ring (bicyclic) bond motifs is 3. The molecule has 0 radical (unpaired) electrons. The van der Waals surface area contributed by atoms with Crippen molar-refractivity contribution in [1.82, 2.24) is 0 Å². The van der Waals surface area contributed by atoms with Gasteiger partial charge in [0.1, 0.15) is 6.10 Å². The van der Waals surface area contributed by atoms with Crippen molar-refractivity contribution in [3.05, 3.63) is 12.2 Å². The summed E-state index contributed by atoms with van der Waals surface area (Å²) in [5, 5.41) is 0. The second-order valence-electron chi connectivity index (χ2n) is 10.3. The van der Waals surface area contributed by atoms with E-state index in [9.17, 15) is 4.79 Å². The first kappa shape index (κ1) is 16.7. The first-order chi connectivity index (χ1) is 11.2. The molecule has 0 aromatic rings. The van der Waals surface area contributed by atoms with E-state index in [1.165, 1.54) is 44.1 Å². The van der Waals surface area contributed by atoms with Crippen molar-refractivity contribution < 1.29 is 9.53 Å². The van der Waals surface area contributed by atoms with Gasteiger partial charge < -0.3 is 4.74 Å². The Bertz CT molecular complexity index is 577. The normalized spacial score (nSPS) is 49.2. The average molecular weight is 331 g/mol. The molecule has 0 unspecified atom stereocenters. The van der Waals surface area contributed by atoms with E-state index in [2.05, 4.69) is 27.4 Å². The highest BCUT2D eigenvalue weighted by Gasteiger charge is 2.67. The van der Waals surface area contributed by atoms with Crippen LogP contribution in [0.25, 0.3) is 0 Å². The van der Waals surface area contributed by atoms with Gasteiger partial charge in [0.15, 0.2) is 0 Å². The lowest BCUT2D eigenvalue weighted by atomic mass is 9.40. The number of rotatable bonds is 1. The van der Waals surface area contributed by atoms with Crippen molar-refractivity contribution >= 4 is 5.97 Å². The summed E-state index contributed by atoms with van der Waals surface area (Å²) in [4.78, 5) is 11.9. The molecule has 0 saturated heterocycles. The quantitative estimate of drug-likeness (QED) is 0.467. The Kier molecular flexibility index (Phi) is 3.55. The molecule has 0 heterocycles. The molecule has 4 aliphatic carbocycles. The molecule has 2 bridgehead atoms. The fourth-order valence-corrected chi connectivity index (χ4v) is 7.91. The minimum atomic E-state index is -0.0926. The largest absolute Gasteiger partial charge is 0.462 e. The minimum absolute atomic E-state index is 0.0926. The second-order valence-corrected chi connectivity index (χ2v) is 10.3. The first-order valence-corrected chi connectivity index (χ1v) is 10.0. The van der Waals surface area contributed by atoms with Gasteiger partial charge in [-0.1, -0.05) is 39.3 Å². The Morgan fingerprint density at radius 1 is 1.17 bits per heavy atom. The molecule has 24 heavy (non-hydrogen) atoms. The van der Waals surface area contributed by atoms with Gasteiger partial charge in [-0.3, -0.25) is 4.79 Å². The fraction of sp³-hybridized carbons (Fsp3) is 0.864. The van der Waals surface area contributed by atoms with Crippen LogP contribution in [0.1, 0.15) is 79.1 Å². The van der Waals surface area contributed by atoms with E-state index in [1.807, 2.05) is 0 Å². The van der Waals surface area contributed by atoms with Crippen LogP contribution >= 0.6 is 0 Å². The molecule has 4 aliphatic rings. The zero-order chi connectivity index (χ0) is 17.3. The number of carbonyl (C=O) groups excluding carboxylic acids is 1. The summed E-state index contributed by atoms with van der Waals surface area (Å²) in [7, 11) is 0. The topological polar surface area (TPSA) is 26.3 Å². The lowest BCUT2D eigenvalue weighted by Crippen LogP contribution is -2.61. The molecule has 2 nitrogen and oxygen atoms in total. The van der Waals surface area contributed by atoms with Crippen molar-refractivity contribution in [3.8, 4) is 0 Å². The number of ether oxygens (including phenoxy) is 1.